The fraction of sp³-hybridized carbons (Fsp3) is 0.897. The summed E-state index contributed by atoms with van der Waals surface area (Å²) in [7, 11) is 0. The summed E-state index contributed by atoms with van der Waals surface area (Å²) in [4.78, 5) is 0. The summed E-state index contributed by atoms with van der Waals surface area (Å²) in [6.45, 7) is 27.5. The Bertz CT molecular complexity index is 976. The van der Waals surface area contributed by atoms with Crippen LogP contribution in [-0.2, 0) is 0 Å². The highest BCUT2D eigenvalue weighted by Crippen LogP contribution is 2.78. The summed E-state index contributed by atoms with van der Waals surface area (Å²) in [5.74, 6) is 6.06. The molecule has 0 amide bonds. The Balaban J connectivity index is 0.00000112. The Kier molecular flexibility index (Phi) is 8.20. The molecule has 222 valence electrons. The summed E-state index contributed by atoms with van der Waals surface area (Å²) in [5.41, 5.74) is 3.96. The summed E-state index contributed by atoms with van der Waals surface area (Å²) in [6.07, 6.45) is 28.3. The summed E-state index contributed by atoms with van der Waals surface area (Å²) >= 11 is 0. The second kappa shape index (κ2) is 10.2. The molecule has 0 nitrogen and oxygen atoms in total. The summed E-state index contributed by atoms with van der Waals surface area (Å²) < 4.78 is 0. The SMILES string of the molecule is C#CC12CCC3C(C)(CCC(CCC)[C@@]3(C)CC)C1CC=C1C3(C)CC(C)(C)CCC3(C)CC[C@]12C.CCC. The van der Waals surface area contributed by atoms with Gasteiger partial charge < -0.3 is 0 Å². The molecule has 39 heavy (non-hydrogen) atoms. The van der Waals surface area contributed by atoms with Gasteiger partial charge in [-0.3, -0.25) is 0 Å². The number of hydrogen-bond acceptors (Lipinski definition) is 0. The van der Waals surface area contributed by atoms with E-state index in [1.165, 1.54) is 89.9 Å². The van der Waals surface area contributed by atoms with E-state index in [0.717, 1.165) is 11.8 Å². The van der Waals surface area contributed by atoms with Crippen molar-refractivity contribution in [3.05, 3.63) is 11.6 Å². The molecule has 5 rings (SSSR count). The third-order valence-electron chi connectivity index (χ3n) is 14.9. The van der Waals surface area contributed by atoms with Crippen LogP contribution in [0.5, 0.6) is 0 Å². The van der Waals surface area contributed by atoms with Gasteiger partial charge in [0.05, 0.1) is 0 Å². The van der Waals surface area contributed by atoms with E-state index in [9.17, 15) is 0 Å². The number of hydrogen-bond donors (Lipinski definition) is 0. The molecular formula is C39H66. The highest BCUT2D eigenvalue weighted by Gasteiger charge is 2.71. The minimum Gasteiger partial charge on any atom is -0.119 e. The summed E-state index contributed by atoms with van der Waals surface area (Å²) in [6, 6.07) is 0. The molecule has 0 heterocycles. The quantitative estimate of drug-likeness (QED) is 0.249. The van der Waals surface area contributed by atoms with Crippen LogP contribution in [0.3, 0.4) is 0 Å². The molecule has 0 aromatic carbocycles. The van der Waals surface area contributed by atoms with Gasteiger partial charge in [0.25, 0.3) is 0 Å². The third-order valence-corrected chi connectivity index (χ3v) is 14.9. The van der Waals surface area contributed by atoms with E-state index < -0.39 is 0 Å². The second-order valence-electron chi connectivity index (χ2n) is 17.3. The van der Waals surface area contributed by atoms with Gasteiger partial charge in [-0.05, 0) is 109 Å². The van der Waals surface area contributed by atoms with Crippen molar-refractivity contribution in [1.82, 2.24) is 0 Å². The highest BCUT2D eigenvalue weighted by molar-refractivity contribution is 5.41. The predicted octanol–water partition coefficient (Wildman–Crippen LogP) is 12.0. The van der Waals surface area contributed by atoms with E-state index in [-0.39, 0.29) is 16.2 Å². The van der Waals surface area contributed by atoms with E-state index in [0.29, 0.717) is 27.6 Å². The molecule has 0 N–H and O–H groups in total. The number of rotatable bonds is 3. The fourth-order valence-corrected chi connectivity index (χ4v) is 12.4. The Morgan fingerprint density at radius 2 is 1.44 bits per heavy atom. The van der Waals surface area contributed by atoms with E-state index in [1.54, 1.807) is 5.57 Å². The minimum absolute atomic E-state index is 0.0283. The van der Waals surface area contributed by atoms with Crippen LogP contribution in [0.2, 0.25) is 0 Å². The number of terminal acetylenes is 1. The van der Waals surface area contributed by atoms with Gasteiger partial charge in [0.2, 0.25) is 0 Å². The molecule has 9 atom stereocenters. The zero-order valence-corrected chi connectivity index (χ0v) is 28.3. The van der Waals surface area contributed by atoms with Crippen molar-refractivity contribution in [3.63, 3.8) is 0 Å². The van der Waals surface area contributed by atoms with Crippen molar-refractivity contribution < 1.29 is 0 Å². The Morgan fingerprint density at radius 1 is 0.795 bits per heavy atom. The molecule has 4 saturated carbocycles. The largest absolute Gasteiger partial charge is 0.119 e. The standard InChI is InChI=1S/C36H58.C3H8/c1-11-14-26-17-19-33(8)27(32(26,7)12-2)18-20-36(13-3)28(33)15-16-29-34(36,9)24-23-31(6)22-21-30(4,5)25-35(29,31)10;1-3-2/h3,16,26-28H,11-12,14-15,17-25H2,1-2,4-10H3;3H2,1-2H3/t26?,27?,28?,31?,32-,33?,34-,35?,36?;/m1./s1. The van der Waals surface area contributed by atoms with Gasteiger partial charge in [-0.15, -0.1) is 6.42 Å². The molecule has 0 aromatic heterocycles. The first-order chi connectivity index (χ1) is 18.1. The normalized spacial score (nSPS) is 50.0. The first kappa shape index (κ1) is 31.2. The highest BCUT2D eigenvalue weighted by atomic mass is 14.7. The topological polar surface area (TPSA) is 0 Å². The van der Waals surface area contributed by atoms with Crippen molar-refractivity contribution in [1.29, 1.82) is 0 Å². The van der Waals surface area contributed by atoms with Crippen LogP contribution in [0.1, 0.15) is 166 Å². The third kappa shape index (κ3) is 4.19. The molecule has 0 aliphatic heterocycles. The van der Waals surface area contributed by atoms with E-state index in [1.807, 2.05) is 0 Å². The minimum atomic E-state index is 0.0283. The predicted molar refractivity (Wildman–Crippen MR) is 171 cm³/mol. The molecule has 5 aliphatic carbocycles. The van der Waals surface area contributed by atoms with Crippen LogP contribution >= 0.6 is 0 Å². The van der Waals surface area contributed by atoms with E-state index >= 15 is 0 Å². The van der Waals surface area contributed by atoms with Gasteiger partial charge in [-0.2, -0.15) is 0 Å². The molecule has 0 radical (unpaired) electrons. The van der Waals surface area contributed by atoms with Crippen molar-refractivity contribution in [2.24, 2.45) is 55.7 Å². The molecule has 0 spiro atoms. The fourth-order valence-electron chi connectivity index (χ4n) is 12.4. The average Bonchev–Trinajstić information content (AvgIpc) is 2.87. The molecule has 0 bridgehead atoms. The second-order valence-corrected chi connectivity index (χ2v) is 17.3. The van der Waals surface area contributed by atoms with Crippen LogP contribution in [0.15, 0.2) is 11.6 Å². The molecule has 5 aliphatic rings. The monoisotopic (exact) mass is 535 g/mol. The molecular weight excluding hydrogens is 468 g/mol. The lowest BCUT2D eigenvalue weighted by Gasteiger charge is -2.73. The lowest BCUT2D eigenvalue weighted by atomic mass is 9.31. The van der Waals surface area contributed by atoms with Crippen LogP contribution in [0.4, 0.5) is 0 Å². The Labute approximate surface area is 245 Å². The lowest BCUT2D eigenvalue weighted by Crippen LogP contribution is -2.66. The molecule has 0 saturated heterocycles. The summed E-state index contributed by atoms with van der Waals surface area (Å²) in [5, 5.41) is 0. The maximum Gasteiger partial charge on any atom is 0.0439 e. The van der Waals surface area contributed by atoms with Crippen LogP contribution in [-0.4, -0.2) is 0 Å². The Hall–Kier alpha value is -0.700. The van der Waals surface area contributed by atoms with Gasteiger partial charge in [-0.25, -0.2) is 0 Å². The maximum atomic E-state index is 6.82. The van der Waals surface area contributed by atoms with Crippen LogP contribution < -0.4 is 0 Å². The zero-order chi connectivity index (χ0) is 29.1. The zero-order valence-electron chi connectivity index (χ0n) is 28.3. The van der Waals surface area contributed by atoms with Gasteiger partial charge in [0.15, 0.2) is 0 Å². The maximum absolute atomic E-state index is 6.82. The number of fused-ring (bicyclic) bond motifs is 7. The van der Waals surface area contributed by atoms with Crippen molar-refractivity contribution >= 4 is 0 Å². The van der Waals surface area contributed by atoms with Gasteiger partial charge in [0.1, 0.15) is 0 Å². The van der Waals surface area contributed by atoms with Crippen molar-refractivity contribution in [2.75, 3.05) is 0 Å². The van der Waals surface area contributed by atoms with E-state index in [2.05, 4.69) is 88.2 Å². The van der Waals surface area contributed by atoms with Crippen LogP contribution in [0.25, 0.3) is 0 Å². The smallest absolute Gasteiger partial charge is 0.0439 e. The first-order valence-corrected chi connectivity index (χ1v) is 17.3. The van der Waals surface area contributed by atoms with Crippen molar-refractivity contribution in [3.8, 4) is 12.3 Å². The van der Waals surface area contributed by atoms with Crippen LogP contribution in [0, 0.1) is 68.0 Å². The molecule has 0 aromatic rings. The first-order valence-electron chi connectivity index (χ1n) is 17.3. The average molecular weight is 535 g/mol. The van der Waals surface area contributed by atoms with Gasteiger partial charge >= 0.3 is 0 Å². The lowest BCUT2D eigenvalue weighted by molar-refractivity contribution is -0.189. The molecule has 7 unspecified atom stereocenters. The van der Waals surface area contributed by atoms with Gasteiger partial charge in [-0.1, -0.05) is 119 Å². The Morgan fingerprint density at radius 3 is 2.03 bits per heavy atom. The van der Waals surface area contributed by atoms with Crippen molar-refractivity contribution in [2.45, 2.75) is 166 Å². The number of allylic oxidation sites excluding steroid dienone is 2. The molecule has 0 heteroatoms. The molecule has 4 fully saturated rings. The van der Waals surface area contributed by atoms with Gasteiger partial charge in [0, 0.05) is 10.8 Å². The van der Waals surface area contributed by atoms with E-state index in [4.69, 9.17) is 6.42 Å².